The van der Waals surface area contributed by atoms with Crippen molar-refractivity contribution in [3.63, 3.8) is 0 Å². The number of carbonyl (C=O) groups excluding carboxylic acids is 2. The summed E-state index contributed by atoms with van der Waals surface area (Å²) in [6, 6.07) is 16.3. The van der Waals surface area contributed by atoms with Crippen molar-refractivity contribution >= 4 is 38.2 Å². The van der Waals surface area contributed by atoms with Gasteiger partial charge in [0.15, 0.2) is 0 Å². The van der Waals surface area contributed by atoms with Crippen LogP contribution >= 0.6 is 11.3 Å². The number of carbonyl (C=O) groups is 2. The molecule has 9 nitrogen and oxygen atoms in total. The van der Waals surface area contributed by atoms with E-state index in [0.29, 0.717) is 42.4 Å². The number of nitrogens with one attached hydrogen (secondary N) is 1. The molecule has 3 aliphatic heterocycles. The van der Waals surface area contributed by atoms with Crippen molar-refractivity contribution in [3.05, 3.63) is 81.7 Å². The van der Waals surface area contributed by atoms with Crippen molar-refractivity contribution in [2.75, 3.05) is 51.3 Å². The average molecular weight is 595 g/mol. The van der Waals surface area contributed by atoms with Gasteiger partial charge in [0.1, 0.15) is 5.00 Å². The SMILES string of the molecule is O=C(Nc1sc2c(c1C(=O)N1CCCC1)CCN(Cc1ccccc1)C2)c1ccc(S(=O)(=O)N2CCOCC2)cc1. The molecule has 1 aromatic heterocycles. The fraction of sp³-hybridized carbons (Fsp3) is 0.400. The van der Waals surface area contributed by atoms with Gasteiger partial charge in [0.2, 0.25) is 10.0 Å². The van der Waals surface area contributed by atoms with Crippen LogP contribution in [0.1, 0.15) is 49.6 Å². The van der Waals surface area contributed by atoms with E-state index in [0.717, 1.165) is 62.4 Å². The first-order chi connectivity index (χ1) is 19.9. The molecule has 0 bridgehead atoms. The summed E-state index contributed by atoms with van der Waals surface area (Å²) in [6.07, 6.45) is 2.73. The van der Waals surface area contributed by atoms with Crippen LogP contribution in [-0.2, 0) is 34.3 Å². The molecule has 6 rings (SSSR count). The normalized spacial score (nSPS) is 18.3. The number of rotatable bonds is 7. The first-order valence-corrected chi connectivity index (χ1v) is 16.4. The van der Waals surface area contributed by atoms with E-state index in [1.165, 1.54) is 45.5 Å². The second kappa shape index (κ2) is 12.0. The predicted octanol–water partition coefficient (Wildman–Crippen LogP) is 3.82. The molecule has 0 saturated carbocycles. The number of hydrogen-bond acceptors (Lipinski definition) is 7. The van der Waals surface area contributed by atoms with E-state index in [-0.39, 0.29) is 16.7 Å². The Morgan fingerprint density at radius 1 is 0.902 bits per heavy atom. The minimum Gasteiger partial charge on any atom is -0.379 e. The van der Waals surface area contributed by atoms with Gasteiger partial charge in [-0.05, 0) is 54.7 Å². The number of sulfonamides is 1. The lowest BCUT2D eigenvalue weighted by Gasteiger charge is -2.27. The molecule has 41 heavy (non-hydrogen) atoms. The van der Waals surface area contributed by atoms with E-state index in [2.05, 4.69) is 22.3 Å². The van der Waals surface area contributed by atoms with Crippen molar-refractivity contribution in [2.45, 2.75) is 37.2 Å². The number of fused-ring (bicyclic) bond motifs is 1. The fourth-order valence-corrected chi connectivity index (χ4v) is 8.40. The number of nitrogens with zero attached hydrogens (tertiary/aromatic N) is 3. The zero-order chi connectivity index (χ0) is 28.4. The summed E-state index contributed by atoms with van der Waals surface area (Å²) in [7, 11) is -3.65. The summed E-state index contributed by atoms with van der Waals surface area (Å²) in [5.41, 5.74) is 3.24. The maximum absolute atomic E-state index is 13.7. The van der Waals surface area contributed by atoms with Gasteiger partial charge in [-0.3, -0.25) is 14.5 Å². The third-order valence-electron chi connectivity index (χ3n) is 7.94. The number of thiophene rings is 1. The quantitative estimate of drug-likeness (QED) is 0.447. The van der Waals surface area contributed by atoms with Gasteiger partial charge in [-0.1, -0.05) is 30.3 Å². The molecule has 3 aliphatic rings. The van der Waals surface area contributed by atoms with Gasteiger partial charge in [0.25, 0.3) is 11.8 Å². The highest BCUT2D eigenvalue weighted by atomic mass is 32.2. The van der Waals surface area contributed by atoms with Gasteiger partial charge in [-0.2, -0.15) is 4.31 Å². The van der Waals surface area contributed by atoms with E-state index in [4.69, 9.17) is 4.74 Å². The van der Waals surface area contributed by atoms with Crippen LogP contribution in [-0.4, -0.2) is 80.3 Å². The molecule has 0 spiro atoms. The lowest BCUT2D eigenvalue weighted by molar-refractivity contribution is 0.0730. The maximum Gasteiger partial charge on any atom is 0.257 e. The van der Waals surface area contributed by atoms with Crippen molar-refractivity contribution in [2.24, 2.45) is 0 Å². The number of benzene rings is 2. The average Bonchev–Trinajstić information content (AvgIpc) is 3.66. The maximum atomic E-state index is 13.7. The minimum atomic E-state index is -3.65. The Morgan fingerprint density at radius 2 is 1.61 bits per heavy atom. The van der Waals surface area contributed by atoms with Crippen LogP contribution in [0.3, 0.4) is 0 Å². The summed E-state index contributed by atoms with van der Waals surface area (Å²) in [6.45, 7) is 5.21. The largest absolute Gasteiger partial charge is 0.379 e. The Labute approximate surface area is 244 Å². The van der Waals surface area contributed by atoms with Crippen LogP contribution in [0.4, 0.5) is 5.00 Å². The van der Waals surface area contributed by atoms with Crippen LogP contribution < -0.4 is 5.32 Å². The van der Waals surface area contributed by atoms with Gasteiger partial charge in [-0.25, -0.2) is 8.42 Å². The summed E-state index contributed by atoms with van der Waals surface area (Å²) in [5, 5.41) is 3.58. The van der Waals surface area contributed by atoms with Gasteiger partial charge < -0.3 is 15.0 Å². The Bertz CT molecular complexity index is 1510. The van der Waals surface area contributed by atoms with E-state index in [9.17, 15) is 18.0 Å². The minimum absolute atomic E-state index is 0.0150. The molecule has 3 aromatic rings. The van der Waals surface area contributed by atoms with Crippen molar-refractivity contribution < 1.29 is 22.7 Å². The molecule has 2 aromatic carbocycles. The first-order valence-electron chi connectivity index (χ1n) is 14.1. The molecule has 0 radical (unpaired) electrons. The number of anilines is 1. The Hall–Kier alpha value is -3.09. The Kier molecular flexibility index (Phi) is 8.23. The van der Waals surface area contributed by atoms with Crippen LogP contribution in [0.25, 0.3) is 0 Å². The van der Waals surface area contributed by atoms with Gasteiger partial charge >= 0.3 is 0 Å². The van der Waals surface area contributed by atoms with Crippen LogP contribution in [0.15, 0.2) is 59.5 Å². The van der Waals surface area contributed by atoms with Crippen molar-refractivity contribution in [1.82, 2.24) is 14.1 Å². The first kappa shape index (κ1) is 28.0. The third kappa shape index (κ3) is 5.96. The van der Waals surface area contributed by atoms with E-state index < -0.39 is 10.0 Å². The van der Waals surface area contributed by atoms with Crippen molar-refractivity contribution in [3.8, 4) is 0 Å². The van der Waals surface area contributed by atoms with Gasteiger partial charge in [0, 0.05) is 56.3 Å². The summed E-state index contributed by atoms with van der Waals surface area (Å²) < 4.78 is 32.6. The zero-order valence-corrected chi connectivity index (χ0v) is 24.5. The predicted molar refractivity (Wildman–Crippen MR) is 158 cm³/mol. The second-order valence-electron chi connectivity index (χ2n) is 10.6. The topological polar surface area (TPSA) is 99.3 Å². The second-order valence-corrected chi connectivity index (χ2v) is 13.7. The van der Waals surface area contributed by atoms with Crippen LogP contribution in [0.2, 0.25) is 0 Å². The third-order valence-corrected chi connectivity index (χ3v) is 11.0. The summed E-state index contributed by atoms with van der Waals surface area (Å²) in [5.74, 6) is -0.380. The molecular formula is C30H34N4O5S2. The Balaban J connectivity index is 1.23. The molecule has 2 amide bonds. The standard InChI is InChI=1S/C30H34N4O5S2/c35-28(23-8-10-24(11-9-23)41(37,38)34-16-18-39-19-17-34)31-29-27(30(36)33-13-4-5-14-33)25-12-15-32(21-26(25)40-29)20-22-6-2-1-3-7-22/h1-3,6-11H,4-5,12-21H2,(H,31,35). The smallest absolute Gasteiger partial charge is 0.257 e. The molecule has 1 N–H and O–H groups in total. The highest BCUT2D eigenvalue weighted by Crippen LogP contribution is 2.39. The number of morpholine rings is 1. The molecule has 2 saturated heterocycles. The molecular weight excluding hydrogens is 560 g/mol. The lowest BCUT2D eigenvalue weighted by Crippen LogP contribution is -2.40. The monoisotopic (exact) mass is 594 g/mol. The Morgan fingerprint density at radius 3 is 2.32 bits per heavy atom. The molecule has 11 heteroatoms. The number of hydrogen-bond donors (Lipinski definition) is 1. The fourth-order valence-electron chi connectivity index (χ4n) is 5.72. The highest BCUT2D eigenvalue weighted by Gasteiger charge is 2.32. The molecule has 4 heterocycles. The van der Waals surface area contributed by atoms with E-state index in [1.807, 2.05) is 23.1 Å². The number of likely N-dealkylation sites (tertiary alicyclic amines) is 1. The van der Waals surface area contributed by atoms with Crippen LogP contribution in [0, 0.1) is 0 Å². The molecule has 0 atom stereocenters. The summed E-state index contributed by atoms with van der Waals surface area (Å²) in [4.78, 5) is 32.6. The van der Waals surface area contributed by atoms with Gasteiger partial charge in [0.05, 0.1) is 23.7 Å². The molecule has 0 aliphatic carbocycles. The lowest BCUT2D eigenvalue weighted by atomic mass is 10.0. The van der Waals surface area contributed by atoms with Crippen LogP contribution in [0.5, 0.6) is 0 Å². The van der Waals surface area contributed by atoms with E-state index >= 15 is 0 Å². The van der Waals surface area contributed by atoms with Crippen molar-refractivity contribution in [1.29, 1.82) is 0 Å². The highest BCUT2D eigenvalue weighted by molar-refractivity contribution is 7.89. The number of amides is 2. The van der Waals surface area contributed by atoms with Gasteiger partial charge in [-0.15, -0.1) is 11.3 Å². The zero-order valence-electron chi connectivity index (χ0n) is 22.9. The number of ether oxygens (including phenoxy) is 1. The molecule has 2 fully saturated rings. The molecule has 216 valence electrons. The summed E-state index contributed by atoms with van der Waals surface area (Å²) >= 11 is 1.48. The molecule has 0 unspecified atom stereocenters. The van der Waals surface area contributed by atoms with E-state index in [1.54, 1.807) is 0 Å².